The van der Waals surface area contributed by atoms with Crippen molar-refractivity contribution in [3.63, 3.8) is 0 Å². The molecule has 0 amide bonds. The van der Waals surface area contributed by atoms with Crippen LogP contribution in [0.1, 0.15) is 33.2 Å². The largest absolute Gasteiger partial charge is 0.478 e. The first kappa shape index (κ1) is 13.8. The summed E-state index contributed by atoms with van der Waals surface area (Å²) < 4.78 is 0. The number of hydrogen-bond acceptors (Lipinski definition) is 3. The third kappa shape index (κ3) is 3.03. The number of carboxylic acids is 1. The summed E-state index contributed by atoms with van der Waals surface area (Å²) in [7, 11) is 0. The van der Waals surface area contributed by atoms with E-state index in [0.717, 1.165) is 5.69 Å². The first-order chi connectivity index (χ1) is 9.47. The van der Waals surface area contributed by atoms with Crippen molar-refractivity contribution in [3.8, 4) is 0 Å². The molecule has 0 spiro atoms. The van der Waals surface area contributed by atoms with E-state index in [2.05, 4.69) is 5.32 Å². The molecule has 4 heteroatoms. The van der Waals surface area contributed by atoms with Crippen molar-refractivity contribution < 1.29 is 14.7 Å². The van der Waals surface area contributed by atoms with Gasteiger partial charge in [0.05, 0.1) is 5.56 Å². The molecule has 0 aliphatic carbocycles. The molecule has 0 aliphatic heterocycles. The van der Waals surface area contributed by atoms with Gasteiger partial charge in [0.15, 0.2) is 5.78 Å². The monoisotopic (exact) mass is 269 g/mol. The Morgan fingerprint density at radius 3 is 2.40 bits per heavy atom. The third-order valence-corrected chi connectivity index (χ3v) is 3.03. The van der Waals surface area contributed by atoms with Gasteiger partial charge in [-0.2, -0.15) is 0 Å². The molecule has 0 saturated heterocycles. The van der Waals surface area contributed by atoms with Crippen LogP contribution in [0.4, 0.5) is 11.4 Å². The van der Waals surface area contributed by atoms with E-state index in [1.54, 1.807) is 37.3 Å². The van der Waals surface area contributed by atoms with Gasteiger partial charge < -0.3 is 10.4 Å². The van der Waals surface area contributed by atoms with Gasteiger partial charge in [0.25, 0.3) is 0 Å². The van der Waals surface area contributed by atoms with Crippen molar-refractivity contribution in [2.75, 3.05) is 5.32 Å². The van der Waals surface area contributed by atoms with Crippen LogP contribution in [0, 0.1) is 6.92 Å². The molecule has 0 bridgehead atoms. The highest BCUT2D eigenvalue weighted by Gasteiger charge is 2.08. The minimum absolute atomic E-state index is 0.0104. The number of aryl methyl sites for hydroxylation is 1. The zero-order valence-electron chi connectivity index (χ0n) is 11.3. The molecule has 0 saturated carbocycles. The molecule has 0 atom stereocenters. The summed E-state index contributed by atoms with van der Waals surface area (Å²) in [4.78, 5) is 22.4. The zero-order valence-corrected chi connectivity index (χ0v) is 11.3. The maximum atomic E-state index is 11.3. The second-order valence-corrected chi connectivity index (χ2v) is 4.60. The minimum Gasteiger partial charge on any atom is -0.478 e. The Hall–Kier alpha value is -2.62. The van der Waals surface area contributed by atoms with Crippen molar-refractivity contribution >= 4 is 23.1 Å². The lowest BCUT2D eigenvalue weighted by Gasteiger charge is -2.09. The number of aromatic carboxylic acids is 1. The fourth-order valence-corrected chi connectivity index (χ4v) is 1.91. The van der Waals surface area contributed by atoms with E-state index >= 15 is 0 Å². The topological polar surface area (TPSA) is 66.4 Å². The predicted octanol–water partition coefficient (Wildman–Crippen LogP) is 3.64. The SMILES string of the molecule is CC(=O)c1cccc(Nc2ccc(C)c(C(=O)O)c2)c1. The zero-order chi connectivity index (χ0) is 14.7. The number of nitrogens with one attached hydrogen (secondary N) is 1. The van der Waals surface area contributed by atoms with Crippen LogP contribution < -0.4 is 5.32 Å². The van der Waals surface area contributed by atoms with Crippen molar-refractivity contribution in [2.45, 2.75) is 13.8 Å². The Kier molecular flexibility index (Phi) is 3.84. The number of carboxylic acid groups (broad SMARTS) is 1. The van der Waals surface area contributed by atoms with Gasteiger partial charge in [0.1, 0.15) is 0 Å². The number of hydrogen-bond donors (Lipinski definition) is 2. The molecule has 2 aromatic carbocycles. The van der Waals surface area contributed by atoms with Crippen LogP contribution in [0.5, 0.6) is 0 Å². The van der Waals surface area contributed by atoms with Crippen LogP contribution in [-0.2, 0) is 0 Å². The van der Waals surface area contributed by atoms with E-state index in [0.29, 0.717) is 16.8 Å². The number of anilines is 2. The summed E-state index contributed by atoms with van der Waals surface area (Å²) in [5.41, 5.74) is 3.01. The van der Waals surface area contributed by atoms with Gasteiger partial charge in [-0.3, -0.25) is 4.79 Å². The molecule has 0 unspecified atom stereocenters. The van der Waals surface area contributed by atoms with E-state index in [-0.39, 0.29) is 11.3 Å². The molecule has 102 valence electrons. The van der Waals surface area contributed by atoms with E-state index in [4.69, 9.17) is 5.11 Å². The Morgan fingerprint density at radius 1 is 1.05 bits per heavy atom. The Bertz CT molecular complexity index is 677. The molecule has 0 heterocycles. The maximum Gasteiger partial charge on any atom is 0.336 e. The quantitative estimate of drug-likeness (QED) is 0.832. The first-order valence-electron chi connectivity index (χ1n) is 6.19. The summed E-state index contributed by atoms with van der Waals surface area (Å²) in [6.07, 6.45) is 0. The van der Waals surface area contributed by atoms with Crippen molar-refractivity contribution in [1.82, 2.24) is 0 Å². The van der Waals surface area contributed by atoms with Gasteiger partial charge in [-0.05, 0) is 43.7 Å². The second kappa shape index (κ2) is 5.57. The van der Waals surface area contributed by atoms with Crippen LogP contribution in [0.25, 0.3) is 0 Å². The highest BCUT2D eigenvalue weighted by molar-refractivity contribution is 5.95. The standard InChI is InChI=1S/C16H15NO3/c1-10-6-7-14(9-15(10)16(19)20)17-13-5-3-4-12(8-13)11(2)18/h3-9,17H,1-2H3,(H,19,20). The number of ketones is 1. The molecule has 0 aromatic heterocycles. The van der Waals surface area contributed by atoms with E-state index in [9.17, 15) is 9.59 Å². The normalized spacial score (nSPS) is 10.1. The van der Waals surface area contributed by atoms with Gasteiger partial charge in [0, 0.05) is 16.9 Å². The number of Topliss-reactive ketones (excluding diaryl/α,β-unsaturated/α-hetero) is 1. The lowest BCUT2D eigenvalue weighted by Crippen LogP contribution is -2.01. The van der Waals surface area contributed by atoms with Gasteiger partial charge in [-0.1, -0.05) is 18.2 Å². The van der Waals surface area contributed by atoms with Crippen LogP contribution in [0.3, 0.4) is 0 Å². The lowest BCUT2D eigenvalue weighted by molar-refractivity contribution is 0.0696. The third-order valence-electron chi connectivity index (χ3n) is 3.03. The minimum atomic E-state index is -0.955. The fourth-order valence-electron chi connectivity index (χ4n) is 1.91. The van der Waals surface area contributed by atoms with Crippen molar-refractivity contribution in [1.29, 1.82) is 0 Å². The number of benzene rings is 2. The van der Waals surface area contributed by atoms with Gasteiger partial charge in [0.2, 0.25) is 0 Å². The number of carbonyl (C=O) groups excluding carboxylic acids is 1. The molecule has 0 aliphatic rings. The van der Waals surface area contributed by atoms with E-state index < -0.39 is 5.97 Å². The van der Waals surface area contributed by atoms with Gasteiger partial charge in [-0.15, -0.1) is 0 Å². The molecule has 4 nitrogen and oxygen atoms in total. The van der Waals surface area contributed by atoms with Gasteiger partial charge >= 0.3 is 5.97 Å². The van der Waals surface area contributed by atoms with E-state index in [1.165, 1.54) is 6.92 Å². The summed E-state index contributed by atoms with van der Waals surface area (Å²) in [6, 6.07) is 12.2. The number of carbonyl (C=O) groups is 2. The molecular weight excluding hydrogens is 254 g/mol. The van der Waals surface area contributed by atoms with Crippen molar-refractivity contribution in [2.24, 2.45) is 0 Å². The maximum absolute atomic E-state index is 11.3. The smallest absolute Gasteiger partial charge is 0.336 e. The summed E-state index contributed by atoms with van der Waals surface area (Å²) in [6.45, 7) is 3.26. The summed E-state index contributed by atoms with van der Waals surface area (Å²) >= 11 is 0. The molecule has 0 radical (unpaired) electrons. The fraction of sp³-hybridized carbons (Fsp3) is 0.125. The Morgan fingerprint density at radius 2 is 1.75 bits per heavy atom. The van der Waals surface area contributed by atoms with Crippen LogP contribution in [0.15, 0.2) is 42.5 Å². The highest BCUT2D eigenvalue weighted by atomic mass is 16.4. The average molecular weight is 269 g/mol. The molecular formula is C16H15NO3. The number of rotatable bonds is 4. The van der Waals surface area contributed by atoms with Crippen LogP contribution in [-0.4, -0.2) is 16.9 Å². The molecule has 20 heavy (non-hydrogen) atoms. The van der Waals surface area contributed by atoms with Crippen LogP contribution >= 0.6 is 0 Å². The van der Waals surface area contributed by atoms with Gasteiger partial charge in [-0.25, -0.2) is 4.79 Å². The molecule has 0 fully saturated rings. The average Bonchev–Trinajstić information content (AvgIpc) is 2.41. The Labute approximate surface area is 117 Å². The molecule has 2 N–H and O–H groups in total. The van der Waals surface area contributed by atoms with Crippen molar-refractivity contribution in [3.05, 3.63) is 59.2 Å². The molecule has 2 aromatic rings. The summed E-state index contributed by atoms with van der Waals surface area (Å²) in [5, 5.41) is 12.2. The van der Waals surface area contributed by atoms with Crippen LogP contribution in [0.2, 0.25) is 0 Å². The summed E-state index contributed by atoms with van der Waals surface area (Å²) in [5.74, 6) is -0.965. The highest BCUT2D eigenvalue weighted by Crippen LogP contribution is 2.21. The predicted molar refractivity (Wildman–Crippen MR) is 77.9 cm³/mol. The first-order valence-corrected chi connectivity index (χ1v) is 6.19. The van der Waals surface area contributed by atoms with E-state index in [1.807, 2.05) is 12.1 Å². The lowest BCUT2D eigenvalue weighted by atomic mass is 10.1. The second-order valence-electron chi connectivity index (χ2n) is 4.60. The Balaban J connectivity index is 2.30. The molecule has 2 rings (SSSR count).